The molecule has 2 N–H and O–H groups in total. The zero-order valence-corrected chi connectivity index (χ0v) is 13.9. The molecular formula is C17H12BrFN4O. The molecule has 0 aliphatic rings. The number of carbonyl (C=O) groups is 1. The van der Waals surface area contributed by atoms with Gasteiger partial charge >= 0.3 is 0 Å². The van der Waals surface area contributed by atoms with E-state index in [0.717, 1.165) is 10.2 Å². The van der Waals surface area contributed by atoms with E-state index in [0.29, 0.717) is 17.2 Å². The molecule has 0 radical (unpaired) electrons. The third-order valence-electron chi connectivity index (χ3n) is 3.14. The Morgan fingerprint density at radius 1 is 1.00 bits per heavy atom. The minimum atomic E-state index is -0.367. The van der Waals surface area contributed by atoms with Crippen LogP contribution in [0.4, 0.5) is 21.7 Å². The molecule has 7 heteroatoms. The molecule has 24 heavy (non-hydrogen) atoms. The maximum atomic E-state index is 12.9. The minimum Gasteiger partial charge on any atom is -0.323 e. The summed E-state index contributed by atoms with van der Waals surface area (Å²) in [7, 11) is 0. The molecule has 2 aromatic carbocycles. The summed E-state index contributed by atoms with van der Waals surface area (Å²) in [4.78, 5) is 20.4. The number of hydrogen-bond donors (Lipinski definition) is 2. The first-order valence-electron chi connectivity index (χ1n) is 7.02. The van der Waals surface area contributed by atoms with Crippen LogP contribution in [-0.2, 0) is 0 Å². The number of aromatic nitrogens is 2. The Labute approximate surface area is 146 Å². The van der Waals surface area contributed by atoms with Crippen LogP contribution in [0.25, 0.3) is 0 Å². The van der Waals surface area contributed by atoms with Crippen LogP contribution in [0.2, 0.25) is 0 Å². The van der Waals surface area contributed by atoms with Crippen molar-refractivity contribution in [1.82, 2.24) is 9.97 Å². The summed E-state index contributed by atoms with van der Waals surface area (Å²) in [5.74, 6) is -0.354. The monoisotopic (exact) mass is 386 g/mol. The fourth-order valence-electron chi connectivity index (χ4n) is 1.93. The van der Waals surface area contributed by atoms with Crippen LogP contribution in [0, 0.1) is 5.82 Å². The Kier molecular flexibility index (Phi) is 4.81. The number of carbonyl (C=O) groups excluding carboxylic acids is 1. The van der Waals surface area contributed by atoms with E-state index in [1.165, 1.54) is 36.7 Å². The highest BCUT2D eigenvalue weighted by Gasteiger charge is 2.08. The van der Waals surface area contributed by atoms with Gasteiger partial charge in [0.2, 0.25) is 5.95 Å². The van der Waals surface area contributed by atoms with E-state index in [9.17, 15) is 9.18 Å². The number of rotatable bonds is 4. The quantitative estimate of drug-likeness (QED) is 0.698. The van der Waals surface area contributed by atoms with Gasteiger partial charge in [-0.1, -0.05) is 12.1 Å². The molecule has 0 unspecified atom stereocenters. The van der Waals surface area contributed by atoms with Crippen LogP contribution in [0.1, 0.15) is 10.4 Å². The minimum absolute atomic E-state index is 0.303. The molecule has 1 heterocycles. The van der Waals surface area contributed by atoms with Crippen LogP contribution in [0.3, 0.4) is 0 Å². The summed E-state index contributed by atoms with van der Waals surface area (Å²) >= 11 is 3.42. The lowest BCUT2D eigenvalue weighted by molar-refractivity contribution is 0.102. The van der Waals surface area contributed by atoms with Gasteiger partial charge in [0.1, 0.15) is 5.82 Å². The van der Waals surface area contributed by atoms with Crippen LogP contribution >= 0.6 is 15.9 Å². The van der Waals surface area contributed by atoms with Crippen molar-refractivity contribution in [3.63, 3.8) is 0 Å². The average Bonchev–Trinajstić information content (AvgIpc) is 2.59. The maximum Gasteiger partial charge on any atom is 0.258 e. The van der Waals surface area contributed by atoms with Crippen molar-refractivity contribution in [3.8, 4) is 0 Å². The SMILES string of the molecule is O=C(Nc1ccc(F)cc1)c1cnc(Nc2ccccc2Br)nc1. The van der Waals surface area contributed by atoms with Crippen molar-refractivity contribution in [2.24, 2.45) is 0 Å². The second kappa shape index (κ2) is 7.18. The number of halogens is 2. The molecule has 3 aromatic rings. The number of amides is 1. The van der Waals surface area contributed by atoms with Gasteiger partial charge in [-0.05, 0) is 52.3 Å². The molecule has 0 aliphatic carbocycles. The predicted octanol–water partition coefficient (Wildman–Crippen LogP) is 4.37. The Morgan fingerprint density at radius 3 is 2.33 bits per heavy atom. The molecule has 0 fully saturated rings. The standard InChI is InChI=1S/C17H12BrFN4O/c18-14-3-1-2-4-15(14)23-17-20-9-11(10-21-17)16(24)22-13-7-5-12(19)6-8-13/h1-10H,(H,22,24)(H,20,21,23). The molecular weight excluding hydrogens is 375 g/mol. The van der Waals surface area contributed by atoms with Crippen LogP contribution in [-0.4, -0.2) is 15.9 Å². The summed E-state index contributed by atoms with van der Waals surface area (Å²) in [6.07, 6.45) is 2.84. The smallest absolute Gasteiger partial charge is 0.258 e. The Hall–Kier alpha value is -2.80. The summed E-state index contributed by atoms with van der Waals surface area (Å²) in [5, 5.41) is 5.70. The maximum absolute atomic E-state index is 12.9. The fourth-order valence-corrected chi connectivity index (χ4v) is 2.31. The van der Waals surface area contributed by atoms with Crippen molar-refractivity contribution in [2.75, 3.05) is 10.6 Å². The third-order valence-corrected chi connectivity index (χ3v) is 3.83. The van der Waals surface area contributed by atoms with Crippen molar-refractivity contribution in [3.05, 3.63) is 76.8 Å². The lowest BCUT2D eigenvalue weighted by atomic mass is 10.2. The first-order chi connectivity index (χ1) is 11.6. The van der Waals surface area contributed by atoms with E-state index < -0.39 is 0 Å². The number of nitrogens with one attached hydrogen (secondary N) is 2. The topological polar surface area (TPSA) is 66.9 Å². The second-order valence-corrected chi connectivity index (χ2v) is 5.72. The molecule has 1 amide bonds. The Bertz CT molecular complexity index is 853. The Balaban J connectivity index is 1.68. The molecule has 5 nitrogen and oxygen atoms in total. The summed E-state index contributed by atoms with van der Waals surface area (Å²) in [5.41, 5.74) is 1.62. The number of para-hydroxylation sites is 1. The van der Waals surface area contributed by atoms with E-state index in [1.807, 2.05) is 24.3 Å². The van der Waals surface area contributed by atoms with E-state index in [1.54, 1.807) is 0 Å². The van der Waals surface area contributed by atoms with Gasteiger partial charge in [0.25, 0.3) is 5.91 Å². The van der Waals surface area contributed by atoms with Crippen molar-refractivity contribution in [1.29, 1.82) is 0 Å². The summed E-state index contributed by atoms with van der Waals surface area (Å²) in [6, 6.07) is 13.1. The van der Waals surface area contributed by atoms with Crippen molar-refractivity contribution < 1.29 is 9.18 Å². The molecule has 0 bridgehead atoms. The summed E-state index contributed by atoms with van der Waals surface area (Å²) in [6.45, 7) is 0. The van der Waals surface area contributed by atoms with Gasteiger partial charge in [-0.15, -0.1) is 0 Å². The first kappa shape index (κ1) is 16.1. The van der Waals surface area contributed by atoms with Crippen LogP contribution in [0.5, 0.6) is 0 Å². The van der Waals surface area contributed by atoms with Gasteiger partial charge in [0, 0.05) is 22.6 Å². The van der Waals surface area contributed by atoms with Gasteiger partial charge in [-0.2, -0.15) is 0 Å². The second-order valence-electron chi connectivity index (χ2n) is 4.86. The molecule has 0 spiro atoms. The molecule has 120 valence electrons. The highest BCUT2D eigenvalue weighted by molar-refractivity contribution is 9.10. The number of benzene rings is 2. The third kappa shape index (κ3) is 3.94. The van der Waals surface area contributed by atoms with Crippen LogP contribution < -0.4 is 10.6 Å². The van der Waals surface area contributed by atoms with Gasteiger partial charge in [0.05, 0.1) is 11.3 Å². The number of hydrogen-bond acceptors (Lipinski definition) is 4. The van der Waals surface area contributed by atoms with E-state index in [4.69, 9.17) is 0 Å². The molecule has 0 saturated carbocycles. The van der Waals surface area contributed by atoms with Gasteiger partial charge in [0.15, 0.2) is 0 Å². The lowest BCUT2D eigenvalue weighted by Crippen LogP contribution is -2.13. The first-order valence-corrected chi connectivity index (χ1v) is 7.81. The lowest BCUT2D eigenvalue weighted by Gasteiger charge is -2.08. The van der Waals surface area contributed by atoms with Crippen LogP contribution in [0.15, 0.2) is 65.4 Å². The molecule has 1 aromatic heterocycles. The zero-order chi connectivity index (χ0) is 16.9. The van der Waals surface area contributed by atoms with Gasteiger partial charge in [-0.3, -0.25) is 4.79 Å². The fraction of sp³-hybridized carbons (Fsp3) is 0. The van der Waals surface area contributed by atoms with E-state index >= 15 is 0 Å². The highest BCUT2D eigenvalue weighted by atomic mass is 79.9. The molecule has 0 aliphatic heterocycles. The zero-order valence-electron chi connectivity index (χ0n) is 12.3. The van der Waals surface area contributed by atoms with E-state index in [-0.39, 0.29) is 11.7 Å². The highest BCUT2D eigenvalue weighted by Crippen LogP contribution is 2.23. The largest absolute Gasteiger partial charge is 0.323 e. The average molecular weight is 387 g/mol. The van der Waals surface area contributed by atoms with Gasteiger partial charge in [-0.25, -0.2) is 14.4 Å². The number of anilines is 3. The van der Waals surface area contributed by atoms with E-state index in [2.05, 4.69) is 36.5 Å². The predicted molar refractivity (Wildman–Crippen MR) is 93.8 cm³/mol. The normalized spacial score (nSPS) is 10.2. The van der Waals surface area contributed by atoms with Gasteiger partial charge < -0.3 is 10.6 Å². The van der Waals surface area contributed by atoms with Crippen molar-refractivity contribution >= 4 is 39.2 Å². The number of nitrogens with zero attached hydrogens (tertiary/aromatic N) is 2. The molecule has 0 saturated heterocycles. The molecule has 3 rings (SSSR count). The molecule has 0 atom stereocenters. The Morgan fingerprint density at radius 2 is 1.67 bits per heavy atom. The summed E-state index contributed by atoms with van der Waals surface area (Å²) < 4.78 is 13.7. The van der Waals surface area contributed by atoms with Crippen molar-refractivity contribution in [2.45, 2.75) is 0 Å².